The van der Waals surface area contributed by atoms with Crippen LogP contribution in [0.2, 0.25) is 0 Å². The average Bonchev–Trinajstić information content (AvgIpc) is 2.35. The third-order valence-corrected chi connectivity index (χ3v) is 3.10. The van der Waals surface area contributed by atoms with Gasteiger partial charge in [0, 0.05) is 45.2 Å². The molecule has 0 saturated heterocycles. The van der Waals surface area contributed by atoms with Crippen LogP contribution in [0.4, 0.5) is 5.82 Å². The summed E-state index contributed by atoms with van der Waals surface area (Å²) in [5, 5.41) is 3.38. The molecule has 1 aromatic heterocycles. The van der Waals surface area contributed by atoms with E-state index in [0.717, 1.165) is 38.4 Å². The van der Waals surface area contributed by atoms with Crippen LogP contribution in [-0.2, 0) is 13.0 Å². The van der Waals surface area contributed by atoms with Crippen molar-refractivity contribution in [3.63, 3.8) is 0 Å². The van der Waals surface area contributed by atoms with Crippen LogP contribution in [0.15, 0.2) is 6.33 Å². The molecule has 0 saturated carbocycles. The average molecular weight is 235 g/mol. The molecular formula is C12H21N5. The van der Waals surface area contributed by atoms with Crippen LogP contribution in [0, 0.1) is 0 Å². The van der Waals surface area contributed by atoms with E-state index >= 15 is 0 Å². The molecule has 1 aliphatic rings. The molecule has 5 nitrogen and oxygen atoms in total. The second-order valence-corrected chi connectivity index (χ2v) is 4.77. The molecule has 0 aromatic carbocycles. The molecule has 0 spiro atoms. The molecule has 5 heteroatoms. The lowest BCUT2D eigenvalue weighted by Gasteiger charge is -2.25. The van der Waals surface area contributed by atoms with Gasteiger partial charge >= 0.3 is 0 Å². The van der Waals surface area contributed by atoms with Gasteiger partial charge in [0.25, 0.3) is 0 Å². The Morgan fingerprint density at radius 1 is 1.24 bits per heavy atom. The fourth-order valence-electron chi connectivity index (χ4n) is 2.04. The second-order valence-electron chi connectivity index (χ2n) is 4.77. The minimum Gasteiger partial charge on any atom is -0.358 e. The predicted octanol–water partition coefficient (Wildman–Crippen LogP) is 0.120. The number of likely N-dealkylation sites (N-methyl/N-ethyl adjacent to an activating group) is 2. The predicted molar refractivity (Wildman–Crippen MR) is 69.3 cm³/mol. The van der Waals surface area contributed by atoms with E-state index in [9.17, 15) is 0 Å². The largest absolute Gasteiger partial charge is 0.358 e. The lowest BCUT2D eigenvalue weighted by atomic mass is 10.1. The number of nitrogens with zero attached hydrogens (tertiary/aromatic N) is 4. The number of nitrogens with one attached hydrogen (secondary N) is 1. The summed E-state index contributed by atoms with van der Waals surface area (Å²) in [6, 6.07) is 0. The molecular weight excluding hydrogens is 214 g/mol. The van der Waals surface area contributed by atoms with Crippen molar-refractivity contribution >= 4 is 5.82 Å². The normalized spacial score (nSPS) is 14.8. The Kier molecular flexibility index (Phi) is 3.91. The van der Waals surface area contributed by atoms with Crippen LogP contribution in [0.25, 0.3) is 0 Å². The summed E-state index contributed by atoms with van der Waals surface area (Å²) in [4.78, 5) is 13.2. The van der Waals surface area contributed by atoms with Gasteiger partial charge in [-0.15, -0.1) is 0 Å². The minimum atomic E-state index is 0.887. The van der Waals surface area contributed by atoms with Crippen molar-refractivity contribution in [3.8, 4) is 0 Å². The van der Waals surface area contributed by atoms with Gasteiger partial charge in [0.1, 0.15) is 12.1 Å². The summed E-state index contributed by atoms with van der Waals surface area (Å²) in [6.07, 6.45) is 2.69. The van der Waals surface area contributed by atoms with Crippen LogP contribution >= 0.6 is 0 Å². The van der Waals surface area contributed by atoms with Crippen molar-refractivity contribution in [1.29, 1.82) is 0 Å². The van der Waals surface area contributed by atoms with Crippen molar-refractivity contribution in [2.75, 3.05) is 45.7 Å². The highest BCUT2D eigenvalue weighted by atomic mass is 15.2. The zero-order valence-electron chi connectivity index (χ0n) is 10.9. The van der Waals surface area contributed by atoms with Crippen LogP contribution in [0.3, 0.4) is 0 Å². The number of aromatic nitrogens is 2. The SMILES string of the molecule is CN(C)CCN(C)c1ncnc2c1CNCC2. The molecule has 2 rings (SSSR count). The van der Waals surface area contributed by atoms with Crippen LogP contribution < -0.4 is 10.2 Å². The fraction of sp³-hybridized carbons (Fsp3) is 0.667. The quantitative estimate of drug-likeness (QED) is 0.803. The summed E-state index contributed by atoms with van der Waals surface area (Å²) >= 11 is 0. The Labute approximate surface area is 103 Å². The summed E-state index contributed by atoms with van der Waals surface area (Å²) in [7, 11) is 6.27. The first-order valence-corrected chi connectivity index (χ1v) is 6.08. The van der Waals surface area contributed by atoms with E-state index in [1.54, 1.807) is 6.33 Å². The van der Waals surface area contributed by atoms with Crippen molar-refractivity contribution in [3.05, 3.63) is 17.6 Å². The molecule has 0 radical (unpaired) electrons. The zero-order valence-corrected chi connectivity index (χ0v) is 10.9. The Bertz CT molecular complexity index is 377. The molecule has 0 fully saturated rings. The third-order valence-electron chi connectivity index (χ3n) is 3.10. The molecule has 1 aromatic rings. The van der Waals surface area contributed by atoms with E-state index < -0.39 is 0 Å². The third kappa shape index (κ3) is 2.92. The van der Waals surface area contributed by atoms with E-state index in [-0.39, 0.29) is 0 Å². The van der Waals surface area contributed by atoms with Crippen LogP contribution in [0.1, 0.15) is 11.3 Å². The molecule has 0 atom stereocenters. The Morgan fingerprint density at radius 3 is 2.82 bits per heavy atom. The maximum absolute atomic E-state index is 4.43. The number of fused-ring (bicyclic) bond motifs is 1. The molecule has 0 aliphatic carbocycles. The first-order chi connectivity index (χ1) is 8.18. The van der Waals surface area contributed by atoms with E-state index in [4.69, 9.17) is 0 Å². The highest BCUT2D eigenvalue weighted by Gasteiger charge is 2.17. The maximum atomic E-state index is 4.43. The van der Waals surface area contributed by atoms with Gasteiger partial charge in [-0.1, -0.05) is 0 Å². The zero-order chi connectivity index (χ0) is 12.3. The summed E-state index contributed by atoms with van der Waals surface area (Å²) in [6.45, 7) is 3.92. The Morgan fingerprint density at radius 2 is 2.06 bits per heavy atom. The first-order valence-electron chi connectivity index (χ1n) is 6.08. The molecule has 0 amide bonds. The van der Waals surface area contributed by atoms with Crippen LogP contribution in [-0.4, -0.2) is 55.6 Å². The molecule has 1 aliphatic heterocycles. The molecule has 17 heavy (non-hydrogen) atoms. The molecule has 2 heterocycles. The Balaban J connectivity index is 2.14. The molecule has 94 valence electrons. The van der Waals surface area contributed by atoms with Gasteiger partial charge in [0.15, 0.2) is 0 Å². The molecule has 1 N–H and O–H groups in total. The highest BCUT2D eigenvalue weighted by Crippen LogP contribution is 2.20. The van der Waals surface area contributed by atoms with Gasteiger partial charge < -0.3 is 15.1 Å². The topological polar surface area (TPSA) is 44.3 Å². The minimum absolute atomic E-state index is 0.887. The van der Waals surface area contributed by atoms with Gasteiger partial charge in [-0.3, -0.25) is 0 Å². The smallest absolute Gasteiger partial charge is 0.136 e. The second kappa shape index (κ2) is 5.42. The van der Waals surface area contributed by atoms with E-state index in [1.165, 1.54) is 11.3 Å². The highest BCUT2D eigenvalue weighted by molar-refractivity contribution is 5.48. The van der Waals surface area contributed by atoms with E-state index in [0.29, 0.717) is 0 Å². The molecule has 0 unspecified atom stereocenters. The van der Waals surface area contributed by atoms with E-state index in [2.05, 4.69) is 46.2 Å². The molecule has 0 bridgehead atoms. The number of anilines is 1. The van der Waals surface area contributed by atoms with Crippen molar-refractivity contribution in [2.24, 2.45) is 0 Å². The fourth-order valence-corrected chi connectivity index (χ4v) is 2.04. The van der Waals surface area contributed by atoms with E-state index in [1.807, 2.05) is 0 Å². The monoisotopic (exact) mass is 235 g/mol. The van der Waals surface area contributed by atoms with Crippen LogP contribution in [0.5, 0.6) is 0 Å². The van der Waals surface area contributed by atoms with Gasteiger partial charge in [-0.2, -0.15) is 0 Å². The Hall–Kier alpha value is -1.20. The number of hydrogen-bond donors (Lipinski definition) is 1. The van der Waals surface area contributed by atoms with Crippen molar-refractivity contribution in [1.82, 2.24) is 20.2 Å². The maximum Gasteiger partial charge on any atom is 0.136 e. The van der Waals surface area contributed by atoms with Crippen molar-refractivity contribution in [2.45, 2.75) is 13.0 Å². The summed E-state index contributed by atoms with van der Waals surface area (Å²) in [5.74, 6) is 1.07. The lowest BCUT2D eigenvalue weighted by Crippen LogP contribution is -2.32. The van der Waals surface area contributed by atoms with Gasteiger partial charge in [-0.05, 0) is 14.1 Å². The first kappa shape index (κ1) is 12.3. The van der Waals surface area contributed by atoms with Crippen molar-refractivity contribution < 1.29 is 0 Å². The number of rotatable bonds is 4. The standard InChI is InChI=1S/C12H21N5/c1-16(2)6-7-17(3)12-10-8-13-5-4-11(10)14-9-15-12/h9,13H,4-8H2,1-3H3. The van der Waals surface area contributed by atoms with Gasteiger partial charge in [0.2, 0.25) is 0 Å². The lowest BCUT2D eigenvalue weighted by molar-refractivity contribution is 0.416. The van der Waals surface area contributed by atoms with Gasteiger partial charge in [-0.25, -0.2) is 9.97 Å². The van der Waals surface area contributed by atoms with Gasteiger partial charge in [0.05, 0.1) is 5.69 Å². The summed E-state index contributed by atoms with van der Waals surface area (Å²) in [5.41, 5.74) is 2.46. The number of hydrogen-bond acceptors (Lipinski definition) is 5. The summed E-state index contributed by atoms with van der Waals surface area (Å²) < 4.78 is 0.